The van der Waals surface area contributed by atoms with Gasteiger partial charge >= 0.3 is 7.60 Å². The Labute approximate surface area is 103 Å². The van der Waals surface area contributed by atoms with E-state index >= 15 is 0 Å². The van der Waals surface area contributed by atoms with Gasteiger partial charge in [0.05, 0.1) is 21.1 Å². The summed E-state index contributed by atoms with van der Waals surface area (Å²) in [5.74, 6) is -0.283. The van der Waals surface area contributed by atoms with Gasteiger partial charge in [0, 0.05) is 5.92 Å². The first-order chi connectivity index (χ1) is 7.56. The van der Waals surface area contributed by atoms with E-state index in [0.29, 0.717) is 17.3 Å². The highest BCUT2D eigenvalue weighted by molar-refractivity contribution is 7.53. The number of nitrogens with zero attached hydrogens (tertiary/aromatic N) is 1. The topological polar surface area (TPSA) is 77.8 Å². The van der Waals surface area contributed by atoms with Crippen molar-refractivity contribution < 1.29 is 23.9 Å². The third-order valence-corrected chi connectivity index (χ3v) is 4.99. The summed E-state index contributed by atoms with van der Waals surface area (Å²) < 4.78 is 12.0. The molecule has 0 aliphatic heterocycles. The zero-order chi connectivity index (χ0) is 13.3. The van der Waals surface area contributed by atoms with E-state index in [-0.39, 0.29) is 12.5 Å². The zero-order valence-corrected chi connectivity index (χ0v) is 11.9. The van der Waals surface area contributed by atoms with Gasteiger partial charge in [0.15, 0.2) is 0 Å². The number of quaternary nitrogens is 1. The lowest BCUT2D eigenvalue weighted by atomic mass is 9.84. The van der Waals surface area contributed by atoms with E-state index in [1.54, 1.807) is 0 Å². The van der Waals surface area contributed by atoms with Crippen molar-refractivity contribution in [2.75, 3.05) is 27.7 Å². The van der Waals surface area contributed by atoms with Gasteiger partial charge in [0.1, 0.15) is 6.54 Å². The predicted octanol–water partition coefficient (Wildman–Crippen LogP) is 1.14. The average Bonchev–Trinajstić information content (AvgIpc) is 2.14. The molecule has 1 unspecified atom stereocenters. The lowest BCUT2D eigenvalue weighted by molar-refractivity contribution is -0.875. The molecule has 3 N–H and O–H groups in total. The van der Waals surface area contributed by atoms with Crippen LogP contribution in [0.15, 0.2) is 0 Å². The van der Waals surface area contributed by atoms with Crippen molar-refractivity contribution in [1.82, 2.24) is 0 Å². The van der Waals surface area contributed by atoms with Crippen molar-refractivity contribution in [2.24, 2.45) is 5.92 Å². The van der Waals surface area contributed by atoms with E-state index in [1.807, 2.05) is 21.1 Å². The van der Waals surface area contributed by atoms with E-state index < -0.39 is 12.9 Å². The molecule has 1 rings (SSSR count). The summed E-state index contributed by atoms with van der Waals surface area (Å²) in [4.78, 5) is 19.0. The van der Waals surface area contributed by atoms with Crippen LogP contribution < -0.4 is 0 Å². The Bertz CT molecular complexity index is 303. The molecule has 1 aliphatic carbocycles. The van der Waals surface area contributed by atoms with Crippen molar-refractivity contribution in [3.63, 3.8) is 0 Å². The van der Waals surface area contributed by atoms with Crippen molar-refractivity contribution in [1.29, 1.82) is 0 Å². The SMILES string of the molecule is C[N+](C)(C)CC(O)(C1CCCCC1)P(=O)(O)O. The lowest BCUT2D eigenvalue weighted by Gasteiger charge is -2.41. The molecule has 0 spiro atoms. The van der Waals surface area contributed by atoms with Gasteiger partial charge < -0.3 is 19.4 Å². The summed E-state index contributed by atoms with van der Waals surface area (Å²) in [6.07, 6.45) is 4.41. The van der Waals surface area contributed by atoms with E-state index in [0.717, 1.165) is 19.3 Å². The van der Waals surface area contributed by atoms with Crippen LogP contribution in [0.4, 0.5) is 0 Å². The predicted molar refractivity (Wildman–Crippen MR) is 66.5 cm³/mol. The molecule has 0 radical (unpaired) electrons. The highest BCUT2D eigenvalue weighted by atomic mass is 31.2. The minimum Gasteiger partial charge on any atom is -0.373 e. The average molecular weight is 266 g/mol. The van der Waals surface area contributed by atoms with Crippen LogP contribution in [0.25, 0.3) is 0 Å². The fraction of sp³-hybridized carbons (Fsp3) is 1.00. The minimum absolute atomic E-state index is 0.0853. The first-order valence-corrected chi connectivity index (χ1v) is 7.76. The lowest BCUT2D eigenvalue weighted by Crippen LogP contribution is -2.53. The van der Waals surface area contributed by atoms with E-state index in [2.05, 4.69) is 0 Å². The molecule has 102 valence electrons. The van der Waals surface area contributed by atoms with Crippen LogP contribution in [0.2, 0.25) is 0 Å². The molecule has 1 fully saturated rings. The van der Waals surface area contributed by atoms with E-state index in [4.69, 9.17) is 0 Å². The molecular formula is C11H25NO4P+. The third-order valence-electron chi connectivity index (χ3n) is 3.47. The van der Waals surface area contributed by atoms with E-state index in [1.165, 1.54) is 0 Å². The maximum Gasteiger partial charge on any atom is 0.363 e. The summed E-state index contributed by atoms with van der Waals surface area (Å²) in [5.41, 5.74) is 0. The molecular weight excluding hydrogens is 241 g/mol. The smallest absolute Gasteiger partial charge is 0.363 e. The number of hydrogen-bond acceptors (Lipinski definition) is 2. The van der Waals surface area contributed by atoms with Gasteiger partial charge in [-0.25, -0.2) is 0 Å². The Kier molecular flexibility index (Phi) is 4.43. The second kappa shape index (κ2) is 4.98. The van der Waals surface area contributed by atoms with Gasteiger partial charge in [-0.3, -0.25) is 4.57 Å². The molecule has 0 bridgehead atoms. The summed E-state index contributed by atoms with van der Waals surface area (Å²) in [7, 11) is 0.998. The van der Waals surface area contributed by atoms with Crippen LogP contribution in [0.1, 0.15) is 32.1 Å². The normalized spacial score (nSPS) is 23.4. The Balaban J connectivity index is 2.97. The quantitative estimate of drug-likeness (QED) is 0.526. The first kappa shape index (κ1) is 15.1. The molecule has 1 saturated carbocycles. The molecule has 0 aromatic heterocycles. The van der Waals surface area contributed by atoms with Crippen molar-refractivity contribution in [2.45, 2.75) is 37.4 Å². The molecule has 0 aromatic carbocycles. The Hall–Kier alpha value is 0.0700. The second-order valence-corrected chi connectivity index (χ2v) is 8.07. The second-order valence-electron chi connectivity index (χ2n) is 6.21. The number of likely N-dealkylation sites (N-methyl/N-ethyl adjacent to an activating group) is 1. The molecule has 5 nitrogen and oxygen atoms in total. The molecule has 0 heterocycles. The number of hydrogen-bond donors (Lipinski definition) is 3. The third kappa shape index (κ3) is 3.76. The highest BCUT2D eigenvalue weighted by Gasteiger charge is 2.54. The van der Waals surface area contributed by atoms with Crippen LogP contribution in [-0.4, -0.2) is 52.4 Å². The van der Waals surface area contributed by atoms with Crippen LogP contribution in [-0.2, 0) is 4.57 Å². The van der Waals surface area contributed by atoms with Crippen molar-refractivity contribution in [3.8, 4) is 0 Å². The summed E-state index contributed by atoms with van der Waals surface area (Å²) in [6.45, 7) is 0.0853. The van der Waals surface area contributed by atoms with Gasteiger partial charge in [-0.15, -0.1) is 0 Å². The van der Waals surface area contributed by atoms with Crippen molar-refractivity contribution >= 4 is 7.60 Å². The van der Waals surface area contributed by atoms with Gasteiger partial charge in [0.2, 0.25) is 5.34 Å². The maximum absolute atomic E-state index is 11.7. The monoisotopic (exact) mass is 266 g/mol. The summed E-state index contributed by atoms with van der Waals surface area (Å²) in [6, 6.07) is 0. The maximum atomic E-state index is 11.7. The fourth-order valence-corrected chi connectivity index (χ4v) is 4.06. The number of rotatable bonds is 4. The Morgan fingerprint density at radius 1 is 1.18 bits per heavy atom. The van der Waals surface area contributed by atoms with Crippen LogP contribution in [0.3, 0.4) is 0 Å². The fourth-order valence-electron chi connectivity index (χ4n) is 2.72. The number of aliphatic hydroxyl groups is 1. The molecule has 17 heavy (non-hydrogen) atoms. The van der Waals surface area contributed by atoms with Crippen molar-refractivity contribution in [3.05, 3.63) is 0 Å². The minimum atomic E-state index is -4.51. The molecule has 1 atom stereocenters. The molecule has 0 aromatic rings. The van der Waals surface area contributed by atoms with Gasteiger partial charge in [-0.05, 0) is 12.8 Å². The highest BCUT2D eigenvalue weighted by Crippen LogP contribution is 2.56. The molecule has 6 heteroatoms. The Morgan fingerprint density at radius 3 is 2.00 bits per heavy atom. The summed E-state index contributed by atoms with van der Waals surface area (Å²) in [5, 5.41) is 8.66. The summed E-state index contributed by atoms with van der Waals surface area (Å²) >= 11 is 0. The first-order valence-electron chi connectivity index (χ1n) is 6.15. The largest absolute Gasteiger partial charge is 0.373 e. The Morgan fingerprint density at radius 2 is 1.65 bits per heavy atom. The zero-order valence-electron chi connectivity index (χ0n) is 11.0. The van der Waals surface area contributed by atoms with E-state index in [9.17, 15) is 19.5 Å². The van der Waals surface area contributed by atoms with Gasteiger partial charge in [0.25, 0.3) is 0 Å². The van der Waals surface area contributed by atoms with Gasteiger partial charge in [-0.2, -0.15) is 0 Å². The standard InChI is InChI=1S/C11H24NO4P/c1-12(2,3)9-11(13,17(14,15)16)10-7-5-4-6-8-10/h10,13H,4-9H2,1-3H3,(H-,14,15,16)/p+1. The van der Waals surface area contributed by atoms with Gasteiger partial charge in [-0.1, -0.05) is 19.3 Å². The van der Waals surface area contributed by atoms with Crippen LogP contribution >= 0.6 is 7.60 Å². The molecule has 1 aliphatic rings. The van der Waals surface area contributed by atoms with Crippen LogP contribution in [0, 0.1) is 5.92 Å². The molecule has 0 amide bonds. The molecule has 0 saturated heterocycles. The van der Waals surface area contributed by atoms with Crippen LogP contribution in [0.5, 0.6) is 0 Å².